The molecule has 0 saturated heterocycles. The summed E-state index contributed by atoms with van der Waals surface area (Å²) in [5, 5.41) is 3.89. The Bertz CT molecular complexity index is 1560. The van der Waals surface area contributed by atoms with E-state index >= 15 is 0 Å². The van der Waals surface area contributed by atoms with E-state index in [1.54, 1.807) is 12.1 Å². The van der Waals surface area contributed by atoms with E-state index in [0.29, 0.717) is 25.4 Å². The Balaban J connectivity index is 1.47. The molecule has 1 aromatic heterocycles. The lowest BCUT2D eigenvalue weighted by molar-refractivity contribution is 0.0942. The topological polar surface area (TPSA) is 43.3 Å². The van der Waals surface area contributed by atoms with Crippen LogP contribution in [0.3, 0.4) is 0 Å². The van der Waals surface area contributed by atoms with Gasteiger partial charge in [-0.05, 0) is 58.0 Å². The maximum absolute atomic E-state index is 13.5. The summed E-state index contributed by atoms with van der Waals surface area (Å²) in [6.45, 7) is 7.87. The first-order valence-corrected chi connectivity index (χ1v) is 13.2. The normalized spacial score (nSPS) is 11.5. The number of fused-ring (bicyclic) bond motifs is 1. The highest BCUT2D eigenvalue weighted by Crippen LogP contribution is 2.31. The van der Waals surface area contributed by atoms with Gasteiger partial charge in [0.2, 0.25) is 0 Å². The van der Waals surface area contributed by atoms with Gasteiger partial charge in [0, 0.05) is 18.5 Å². The Labute approximate surface area is 229 Å². The molecule has 0 radical (unpaired) electrons. The van der Waals surface area contributed by atoms with E-state index < -0.39 is 0 Å². The van der Waals surface area contributed by atoms with E-state index in [9.17, 15) is 9.18 Å². The molecule has 4 aromatic carbocycles. The number of carbonyl (C=O) groups excluding carboxylic acids is 1. The predicted octanol–water partition coefficient (Wildman–Crippen LogP) is 7.64. The van der Waals surface area contributed by atoms with Crippen LogP contribution >= 0.6 is 0 Å². The highest BCUT2D eigenvalue weighted by molar-refractivity contribution is 6.00. The van der Waals surface area contributed by atoms with Crippen molar-refractivity contribution in [3.05, 3.63) is 137 Å². The van der Waals surface area contributed by atoms with Gasteiger partial charge in [0.05, 0.1) is 5.52 Å². The lowest BCUT2D eigenvalue weighted by atomic mass is 9.87. The molecule has 1 N–H and O–H groups in total. The molecule has 0 atom stereocenters. The summed E-state index contributed by atoms with van der Waals surface area (Å²) in [6.07, 6.45) is 0. The number of halogens is 1. The standard InChI is InChI=1S/C34H33FN2O2/c1-34(2,3)27-16-12-25(13-17-27)22-37-30-10-7-11-32(39-23-26-8-5-4-6-9-26)29(30)20-31(37)33(38)36-21-24-14-18-28(35)19-15-24/h4-20H,21-23H2,1-3H3,(H,36,38). The van der Waals surface area contributed by atoms with Crippen LogP contribution in [-0.2, 0) is 25.1 Å². The minimum absolute atomic E-state index is 0.0646. The van der Waals surface area contributed by atoms with Gasteiger partial charge in [0.25, 0.3) is 5.91 Å². The first-order chi connectivity index (χ1) is 18.8. The molecule has 0 saturated carbocycles. The summed E-state index contributed by atoms with van der Waals surface area (Å²) in [6, 6.07) is 32.6. The maximum atomic E-state index is 13.5. The van der Waals surface area contributed by atoms with E-state index in [2.05, 4.69) is 50.4 Å². The highest BCUT2D eigenvalue weighted by Gasteiger charge is 2.19. The first kappa shape index (κ1) is 26.2. The van der Waals surface area contributed by atoms with Crippen molar-refractivity contribution in [2.75, 3.05) is 0 Å². The molecule has 5 aromatic rings. The second-order valence-corrected chi connectivity index (χ2v) is 10.8. The average Bonchev–Trinajstić information content (AvgIpc) is 3.30. The molecular weight excluding hydrogens is 487 g/mol. The van der Waals surface area contributed by atoms with Gasteiger partial charge < -0.3 is 14.6 Å². The Morgan fingerprint density at radius 2 is 1.51 bits per heavy atom. The fourth-order valence-corrected chi connectivity index (χ4v) is 4.64. The van der Waals surface area contributed by atoms with Crippen molar-refractivity contribution in [3.8, 4) is 5.75 Å². The summed E-state index contributed by atoms with van der Waals surface area (Å²) < 4.78 is 21.6. The molecule has 0 spiro atoms. The van der Waals surface area contributed by atoms with Crippen LogP contribution in [0, 0.1) is 5.82 Å². The van der Waals surface area contributed by atoms with E-state index in [4.69, 9.17) is 4.74 Å². The van der Waals surface area contributed by atoms with E-state index in [1.165, 1.54) is 17.7 Å². The fourth-order valence-electron chi connectivity index (χ4n) is 4.64. The van der Waals surface area contributed by atoms with Gasteiger partial charge in [-0.2, -0.15) is 0 Å². The van der Waals surface area contributed by atoms with E-state index in [0.717, 1.165) is 33.3 Å². The predicted molar refractivity (Wildman–Crippen MR) is 155 cm³/mol. The van der Waals surface area contributed by atoms with Gasteiger partial charge in [0.1, 0.15) is 23.9 Å². The second kappa shape index (κ2) is 11.2. The van der Waals surface area contributed by atoms with Gasteiger partial charge in [-0.15, -0.1) is 0 Å². The van der Waals surface area contributed by atoms with Crippen LogP contribution in [0.25, 0.3) is 10.9 Å². The zero-order chi connectivity index (χ0) is 27.4. The van der Waals surface area contributed by atoms with Crippen LogP contribution in [0.15, 0.2) is 103 Å². The Morgan fingerprint density at radius 3 is 2.21 bits per heavy atom. The van der Waals surface area contributed by atoms with Crippen molar-refractivity contribution in [3.63, 3.8) is 0 Å². The van der Waals surface area contributed by atoms with Crippen molar-refractivity contribution in [2.24, 2.45) is 0 Å². The molecule has 0 aliphatic carbocycles. The summed E-state index contributed by atoms with van der Waals surface area (Å²) in [5.41, 5.74) is 5.80. The van der Waals surface area contributed by atoms with Crippen LogP contribution < -0.4 is 10.1 Å². The van der Waals surface area contributed by atoms with E-state index in [-0.39, 0.29) is 17.1 Å². The van der Waals surface area contributed by atoms with Gasteiger partial charge >= 0.3 is 0 Å². The molecule has 39 heavy (non-hydrogen) atoms. The number of aromatic nitrogens is 1. The SMILES string of the molecule is CC(C)(C)c1ccc(Cn2c(C(=O)NCc3ccc(F)cc3)cc3c(OCc4ccccc4)cccc32)cc1. The second-order valence-electron chi connectivity index (χ2n) is 10.8. The lowest BCUT2D eigenvalue weighted by Gasteiger charge is -2.19. The van der Waals surface area contributed by atoms with Crippen LogP contribution in [-0.4, -0.2) is 10.5 Å². The van der Waals surface area contributed by atoms with Gasteiger partial charge in [-0.1, -0.05) is 93.6 Å². The third-order valence-corrected chi connectivity index (χ3v) is 6.90. The number of rotatable bonds is 8. The van der Waals surface area contributed by atoms with Crippen molar-refractivity contribution in [1.29, 1.82) is 0 Å². The summed E-state index contributed by atoms with van der Waals surface area (Å²) in [7, 11) is 0. The van der Waals surface area contributed by atoms with Crippen molar-refractivity contribution in [2.45, 2.75) is 45.9 Å². The molecule has 5 rings (SSSR count). The summed E-state index contributed by atoms with van der Waals surface area (Å²) in [4.78, 5) is 13.5. The average molecular weight is 521 g/mol. The quantitative estimate of drug-likeness (QED) is 0.229. The third-order valence-electron chi connectivity index (χ3n) is 6.90. The minimum Gasteiger partial charge on any atom is -0.488 e. The lowest BCUT2D eigenvalue weighted by Crippen LogP contribution is -2.25. The minimum atomic E-state index is -0.300. The maximum Gasteiger partial charge on any atom is 0.268 e. The van der Waals surface area contributed by atoms with Crippen LogP contribution in [0.5, 0.6) is 5.75 Å². The molecule has 198 valence electrons. The number of carbonyl (C=O) groups is 1. The molecule has 0 aliphatic rings. The van der Waals surface area contributed by atoms with Crippen LogP contribution in [0.2, 0.25) is 0 Å². The van der Waals surface area contributed by atoms with Gasteiger partial charge in [-0.25, -0.2) is 4.39 Å². The Kier molecular flexibility index (Phi) is 7.51. The number of nitrogens with one attached hydrogen (secondary N) is 1. The van der Waals surface area contributed by atoms with E-state index in [1.807, 2.05) is 59.2 Å². The van der Waals surface area contributed by atoms with Gasteiger partial charge in [-0.3, -0.25) is 4.79 Å². The number of nitrogens with zero attached hydrogens (tertiary/aromatic N) is 1. The van der Waals surface area contributed by atoms with Crippen LogP contribution in [0.4, 0.5) is 4.39 Å². The molecule has 0 aliphatic heterocycles. The fraction of sp³-hybridized carbons (Fsp3) is 0.206. The monoisotopic (exact) mass is 520 g/mol. The summed E-state index contributed by atoms with van der Waals surface area (Å²) >= 11 is 0. The molecule has 1 heterocycles. The van der Waals surface area contributed by atoms with Crippen molar-refractivity contribution in [1.82, 2.24) is 9.88 Å². The summed E-state index contributed by atoms with van der Waals surface area (Å²) in [5.74, 6) is 0.229. The van der Waals surface area contributed by atoms with Gasteiger partial charge in [0.15, 0.2) is 0 Å². The molecule has 4 nitrogen and oxygen atoms in total. The third kappa shape index (κ3) is 6.20. The number of benzene rings is 4. The molecule has 5 heteroatoms. The van der Waals surface area contributed by atoms with Crippen molar-refractivity contribution >= 4 is 16.8 Å². The van der Waals surface area contributed by atoms with Crippen molar-refractivity contribution < 1.29 is 13.9 Å². The number of hydrogen-bond acceptors (Lipinski definition) is 2. The highest BCUT2D eigenvalue weighted by atomic mass is 19.1. The molecule has 1 amide bonds. The first-order valence-electron chi connectivity index (χ1n) is 13.2. The number of amides is 1. The molecule has 0 fully saturated rings. The number of ether oxygens (including phenoxy) is 1. The van der Waals surface area contributed by atoms with Crippen LogP contribution in [0.1, 0.15) is 53.5 Å². The largest absolute Gasteiger partial charge is 0.488 e. The Morgan fingerprint density at radius 1 is 0.821 bits per heavy atom. The number of hydrogen-bond donors (Lipinski definition) is 1. The zero-order valence-electron chi connectivity index (χ0n) is 22.6. The smallest absolute Gasteiger partial charge is 0.268 e. The zero-order valence-corrected chi connectivity index (χ0v) is 22.6. The molecule has 0 unspecified atom stereocenters. The Hall–Kier alpha value is -4.38. The molecule has 0 bridgehead atoms. The molecular formula is C34H33FN2O2.